The third-order valence-corrected chi connectivity index (χ3v) is 5.01. The van der Waals surface area contributed by atoms with Gasteiger partial charge in [0.2, 0.25) is 0 Å². The Kier molecular flexibility index (Phi) is 5.60. The number of nitrogens with zero attached hydrogens (tertiary/aromatic N) is 2. The first-order valence-corrected chi connectivity index (χ1v) is 9.45. The van der Waals surface area contributed by atoms with Crippen molar-refractivity contribution in [3.8, 4) is 0 Å². The normalized spacial score (nSPS) is 11.0. The van der Waals surface area contributed by atoms with Crippen molar-refractivity contribution in [3.05, 3.63) is 62.8 Å². The number of hydrogen-bond acceptors (Lipinski definition) is 7. The molecule has 2 aromatic heterocycles. The van der Waals surface area contributed by atoms with E-state index in [2.05, 4.69) is 9.97 Å². The zero-order valence-corrected chi connectivity index (χ0v) is 16.5. The van der Waals surface area contributed by atoms with Crippen LogP contribution in [0.3, 0.4) is 0 Å². The van der Waals surface area contributed by atoms with Crippen LogP contribution in [-0.4, -0.2) is 21.7 Å². The molecule has 6 nitrogen and oxygen atoms in total. The molecular formula is C20H20N2O4S. The molecule has 7 heteroatoms. The lowest BCUT2D eigenvalue weighted by molar-refractivity contribution is -0.141. The molecule has 0 aliphatic carbocycles. The number of aromatic nitrogens is 2. The molecule has 0 bridgehead atoms. The van der Waals surface area contributed by atoms with E-state index in [1.54, 1.807) is 0 Å². The smallest absolute Gasteiger partial charge is 0.336 e. The van der Waals surface area contributed by atoms with E-state index in [1.165, 1.54) is 17.8 Å². The van der Waals surface area contributed by atoms with Crippen LogP contribution in [0, 0.1) is 27.7 Å². The average molecular weight is 384 g/mol. The van der Waals surface area contributed by atoms with Gasteiger partial charge in [-0.05, 0) is 44.9 Å². The zero-order chi connectivity index (χ0) is 19.6. The fraction of sp³-hybridized carbons (Fsp3) is 0.300. The maximum absolute atomic E-state index is 12.1. The van der Waals surface area contributed by atoms with Gasteiger partial charge in [-0.25, -0.2) is 14.8 Å². The summed E-state index contributed by atoms with van der Waals surface area (Å²) in [6.07, 6.45) is 0. The van der Waals surface area contributed by atoms with Gasteiger partial charge in [0.05, 0.1) is 5.75 Å². The quantitative estimate of drug-likeness (QED) is 0.287. The van der Waals surface area contributed by atoms with E-state index in [4.69, 9.17) is 9.15 Å². The first-order chi connectivity index (χ1) is 12.8. The van der Waals surface area contributed by atoms with Gasteiger partial charge >= 0.3 is 11.6 Å². The van der Waals surface area contributed by atoms with Crippen molar-refractivity contribution in [2.45, 2.75) is 39.5 Å². The van der Waals surface area contributed by atoms with Crippen LogP contribution in [0.15, 0.2) is 38.6 Å². The Morgan fingerprint density at radius 2 is 1.81 bits per heavy atom. The summed E-state index contributed by atoms with van der Waals surface area (Å²) in [5.74, 6) is -0.298. The summed E-state index contributed by atoms with van der Waals surface area (Å²) in [5.41, 5.74) is 4.35. The predicted octanol–water partition coefficient (Wildman–Crippen LogP) is 3.65. The molecule has 0 aliphatic heterocycles. The third-order valence-electron chi connectivity index (χ3n) is 4.19. The second kappa shape index (κ2) is 7.92. The Morgan fingerprint density at radius 1 is 1.11 bits per heavy atom. The Morgan fingerprint density at radius 3 is 2.52 bits per heavy atom. The van der Waals surface area contributed by atoms with Crippen molar-refractivity contribution in [2.24, 2.45) is 0 Å². The van der Waals surface area contributed by atoms with Gasteiger partial charge in [0, 0.05) is 28.4 Å². The molecule has 27 heavy (non-hydrogen) atoms. The highest BCUT2D eigenvalue weighted by molar-refractivity contribution is 7.99. The minimum Gasteiger partial charge on any atom is -0.460 e. The highest BCUT2D eigenvalue weighted by Gasteiger charge is 2.12. The molecule has 0 spiro atoms. The van der Waals surface area contributed by atoms with Gasteiger partial charge in [0.25, 0.3) is 0 Å². The molecular weight excluding hydrogens is 364 g/mol. The van der Waals surface area contributed by atoms with E-state index in [0.717, 1.165) is 27.9 Å². The summed E-state index contributed by atoms with van der Waals surface area (Å²) in [7, 11) is 0. The van der Waals surface area contributed by atoms with Crippen LogP contribution < -0.4 is 5.63 Å². The summed E-state index contributed by atoms with van der Waals surface area (Å²) in [5, 5.41) is 1.32. The maximum atomic E-state index is 12.1. The van der Waals surface area contributed by atoms with Crippen LogP contribution in [0.5, 0.6) is 0 Å². The molecule has 0 saturated carbocycles. The van der Waals surface area contributed by atoms with Gasteiger partial charge in [-0.3, -0.25) is 4.79 Å². The summed E-state index contributed by atoms with van der Waals surface area (Å²) >= 11 is 1.23. The Balaban J connectivity index is 1.70. The summed E-state index contributed by atoms with van der Waals surface area (Å²) < 4.78 is 10.7. The number of rotatable bonds is 5. The second-order valence-corrected chi connectivity index (χ2v) is 7.30. The van der Waals surface area contributed by atoms with Crippen LogP contribution in [-0.2, 0) is 16.1 Å². The number of fused-ring (bicyclic) bond motifs is 1. The summed E-state index contributed by atoms with van der Waals surface area (Å²) in [4.78, 5) is 32.5. The average Bonchev–Trinajstić information content (AvgIpc) is 2.60. The van der Waals surface area contributed by atoms with Crippen molar-refractivity contribution in [2.75, 3.05) is 5.75 Å². The van der Waals surface area contributed by atoms with Gasteiger partial charge in [-0.1, -0.05) is 23.9 Å². The molecule has 0 aliphatic rings. The molecule has 1 aromatic carbocycles. The van der Waals surface area contributed by atoms with Gasteiger partial charge in [-0.15, -0.1) is 0 Å². The molecule has 0 unspecified atom stereocenters. The number of esters is 1. The van der Waals surface area contributed by atoms with E-state index < -0.39 is 11.6 Å². The maximum Gasteiger partial charge on any atom is 0.336 e. The topological polar surface area (TPSA) is 82.3 Å². The van der Waals surface area contributed by atoms with Crippen LogP contribution in [0.25, 0.3) is 11.0 Å². The Hall–Kier alpha value is -2.67. The molecule has 140 valence electrons. The number of benzene rings is 1. The first kappa shape index (κ1) is 19.1. The van der Waals surface area contributed by atoms with E-state index >= 15 is 0 Å². The van der Waals surface area contributed by atoms with Crippen LogP contribution in [0.4, 0.5) is 0 Å². The molecule has 0 amide bonds. The molecule has 0 saturated heterocycles. The van der Waals surface area contributed by atoms with Crippen molar-refractivity contribution >= 4 is 28.7 Å². The molecule has 0 N–H and O–H groups in total. The van der Waals surface area contributed by atoms with Crippen LogP contribution in [0.2, 0.25) is 0 Å². The molecule has 0 atom stereocenters. The van der Waals surface area contributed by atoms with Gasteiger partial charge in [0.15, 0.2) is 5.16 Å². The number of aryl methyl sites for hydroxylation is 4. The molecule has 2 heterocycles. The van der Waals surface area contributed by atoms with E-state index in [-0.39, 0.29) is 12.4 Å². The fourth-order valence-electron chi connectivity index (χ4n) is 2.73. The minimum atomic E-state index is -0.458. The molecule has 0 fully saturated rings. The van der Waals surface area contributed by atoms with E-state index in [9.17, 15) is 9.59 Å². The van der Waals surface area contributed by atoms with Crippen molar-refractivity contribution < 1.29 is 13.9 Å². The lowest BCUT2D eigenvalue weighted by Crippen LogP contribution is -2.10. The second-order valence-electron chi connectivity index (χ2n) is 6.36. The van der Waals surface area contributed by atoms with Crippen molar-refractivity contribution in [1.82, 2.24) is 9.97 Å². The molecule has 0 radical (unpaired) electrons. The highest BCUT2D eigenvalue weighted by Crippen LogP contribution is 2.24. The number of hydrogen-bond donors (Lipinski definition) is 0. The lowest BCUT2D eigenvalue weighted by atomic mass is 10.0. The Labute approximate surface area is 161 Å². The zero-order valence-electron chi connectivity index (χ0n) is 15.7. The van der Waals surface area contributed by atoms with Crippen molar-refractivity contribution in [1.29, 1.82) is 0 Å². The largest absolute Gasteiger partial charge is 0.460 e. The summed E-state index contributed by atoms with van der Waals surface area (Å²) in [6.45, 7) is 7.63. The number of thioether (sulfide) groups is 1. The number of carbonyl (C=O) groups excluding carboxylic acids is 1. The number of ether oxygens (including phenoxy) is 1. The number of carbonyl (C=O) groups is 1. The molecule has 3 aromatic rings. The lowest BCUT2D eigenvalue weighted by Gasteiger charge is -2.09. The molecule has 3 rings (SSSR count). The first-order valence-electron chi connectivity index (χ1n) is 8.47. The SMILES string of the molecule is Cc1cc(C)nc(SCC(=O)OCc2cc(=O)oc3c(C)c(C)ccc23)n1. The van der Waals surface area contributed by atoms with Gasteiger partial charge in [0.1, 0.15) is 12.2 Å². The fourth-order valence-corrected chi connectivity index (χ4v) is 3.47. The van der Waals surface area contributed by atoms with E-state index in [1.807, 2.05) is 45.9 Å². The van der Waals surface area contributed by atoms with Crippen molar-refractivity contribution in [3.63, 3.8) is 0 Å². The monoisotopic (exact) mass is 384 g/mol. The van der Waals surface area contributed by atoms with Crippen LogP contribution >= 0.6 is 11.8 Å². The van der Waals surface area contributed by atoms with E-state index in [0.29, 0.717) is 16.3 Å². The van der Waals surface area contributed by atoms with Gasteiger partial charge in [-0.2, -0.15) is 0 Å². The minimum absolute atomic E-state index is 0.0116. The third kappa shape index (κ3) is 4.54. The summed E-state index contributed by atoms with van der Waals surface area (Å²) in [6, 6.07) is 7.07. The van der Waals surface area contributed by atoms with Crippen LogP contribution in [0.1, 0.15) is 28.1 Å². The standard InChI is InChI=1S/C20H20N2O4S/c1-11-5-6-16-15(8-17(23)26-19(16)14(11)4)9-25-18(24)10-27-20-21-12(2)7-13(3)22-20/h5-8H,9-10H2,1-4H3. The predicted molar refractivity (Wildman–Crippen MR) is 104 cm³/mol. The Bertz CT molecular complexity index is 1060. The highest BCUT2D eigenvalue weighted by atomic mass is 32.2. The van der Waals surface area contributed by atoms with Gasteiger partial charge < -0.3 is 9.15 Å².